The van der Waals surface area contributed by atoms with E-state index < -0.39 is 0 Å². The van der Waals surface area contributed by atoms with Crippen LogP contribution in [0.5, 0.6) is 0 Å². The summed E-state index contributed by atoms with van der Waals surface area (Å²) >= 11 is 0. The Kier molecular flexibility index (Phi) is 3.96. The van der Waals surface area contributed by atoms with Crippen LogP contribution in [0.15, 0.2) is 0 Å². The van der Waals surface area contributed by atoms with Crippen LogP contribution in [-0.4, -0.2) is 55.6 Å². The van der Waals surface area contributed by atoms with Gasteiger partial charge in [-0.3, -0.25) is 9.59 Å². The molecule has 2 fully saturated rings. The first-order chi connectivity index (χ1) is 8.18. The van der Waals surface area contributed by atoms with Crippen molar-refractivity contribution in [3.05, 3.63) is 0 Å². The second-order valence-electron chi connectivity index (χ2n) is 4.57. The van der Waals surface area contributed by atoms with Crippen molar-refractivity contribution < 1.29 is 14.3 Å². The van der Waals surface area contributed by atoms with Crippen LogP contribution in [0.25, 0.3) is 0 Å². The normalized spacial score (nSPS) is 26.8. The number of hydrogen-bond acceptors (Lipinski definition) is 4. The van der Waals surface area contributed by atoms with E-state index in [1.165, 1.54) is 0 Å². The van der Waals surface area contributed by atoms with Gasteiger partial charge in [0.1, 0.15) is 6.10 Å². The molecular weight excluding hydrogens is 222 g/mol. The van der Waals surface area contributed by atoms with E-state index >= 15 is 0 Å². The van der Waals surface area contributed by atoms with Crippen LogP contribution in [0, 0.1) is 5.92 Å². The van der Waals surface area contributed by atoms with Crippen molar-refractivity contribution in [2.45, 2.75) is 18.9 Å². The maximum Gasteiger partial charge on any atom is 0.253 e. The monoisotopic (exact) mass is 241 g/mol. The Bertz CT molecular complexity index is 294. The van der Waals surface area contributed by atoms with E-state index in [4.69, 9.17) is 10.5 Å². The molecule has 1 atom stereocenters. The van der Waals surface area contributed by atoms with Gasteiger partial charge in [-0.15, -0.1) is 0 Å². The highest BCUT2D eigenvalue weighted by Crippen LogP contribution is 2.18. The van der Waals surface area contributed by atoms with E-state index in [9.17, 15) is 9.59 Å². The summed E-state index contributed by atoms with van der Waals surface area (Å²) in [6.07, 6.45) is 0.969. The Hall–Kier alpha value is -1.14. The molecule has 6 nitrogen and oxygen atoms in total. The van der Waals surface area contributed by atoms with Crippen molar-refractivity contribution >= 4 is 11.8 Å². The van der Waals surface area contributed by atoms with Crippen LogP contribution in [0.2, 0.25) is 0 Å². The third-order valence-electron chi connectivity index (χ3n) is 3.41. The van der Waals surface area contributed by atoms with Gasteiger partial charge in [0.15, 0.2) is 0 Å². The van der Waals surface area contributed by atoms with Gasteiger partial charge in [-0.1, -0.05) is 0 Å². The lowest BCUT2D eigenvalue weighted by atomic mass is 9.96. The average Bonchev–Trinajstić information content (AvgIpc) is 2.39. The largest absolute Gasteiger partial charge is 0.369 e. The van der Waals surface area contributed by atoms with Crippen LogP contribution in [0.1, 0.15) is 12.8 Å². The first kappa shape index (κ1) is 12.3. The van der Waals surface area contributed by atoms with Gasteiger partial charge in [0.2, 0.25) is 5.91 Å². The topological polar surface area (TPSA) is 84.7 Å². The molecule has 0 saturated carbocycles. The maximum atomic E-state index is 12.1. The summed E-state index contributed by atoms with van der Waals surface area (Å²) in [4.78, 5) is 24.9. The molecule has 2 heterocycles. The average molecular weight is 241 g/mol. The molecule has 0 spiro atoms. The summed E-state index contributed by atoms with van der Waals surface area (Å²) in [6.45, 7) is 3.16. The Labute approximate surface area is 100 Å². The molecule has 0 aromatic rings. The predicted octanol–water partition coefficient (Wildman–Crippen LogP) is -1.30. The quantitative estimate of drug-likeness (QED) is 0.629. The number of likely N-dealkylation sites (tertiary alicyclic amines) is 1. The Morgan fingerprint density at radius 2 is 2.00 bits per heavy atom. The summed E-state index contributed by atoms with van der Waals surface area (Å²) in [5.74, 6) is -0.308. The minimum Gasteiger partial charge on any atom is -0.369 e. The molecule has 6 heteroatoms. The predicted molar refractivity (Wildman–Crippen MR) is 61.1 cm³/mol. The number of ether oxygens (including phenoxy) is 1. The van der Waals surface area contributed by atoms with Gasteiger partial charge in [0.05, 0.1) is 6.61 Å². The van der Waals surface area contributed by atoms with Crippen LogP contribution in [-0.2, 0) is 14.3 Å². The number of nitrogens with zero attached hydrogens (tertiary/aromatic N) is 1. The maximum absolute atomic E-state index is 12.1. The number of hydrogen-bond donors (Lipinski definition) is 2. The van der Waals surface area contributed by atoms with Crippen molar-refractivity contribution in [3.63, 3.8) is 0 Å². The van der Waals surface area contributed by atoms with Gasteiger partial charge in [-0.25, -0.2) is 0 Å². The summed E-state index contributed by atoms with van der Waals surface area (Å²) in [6, 6.07) is 0. The molecule has 0 radical (unpaired) electrons. The molecule has 2 amide bonds. The van der Waals surface area contributed by atoms with E-state index in [0.717, 1.165) is 6.54 Å². The molecule has 0 bridgehead atoms. The number of nitrogens with one attached hydrogen (secondary N) is 1. The molecule has 0 aliphatic carbocycles. The molecule has 2 rings (SSSR count). The molecule has 0 aromatic carbocycles. The Morgan fingerprint density at radius 1 is 1.29 bits per heavy atom. The third-order valence-corrected chi connectivity index (χ3v) is 3.41. The number of carbonyl (C=O) groups excluding carboxylic acids is 2. The van der Waals surface area contributed by atoms with E-state index in [1.54, 1.807) is 4.90 Å². The number of nitrogens with two attached hydrogens (primary N) is 1. The number of primary amides is 1. The summed E-state index contributed by atoms with van der Waals surface area (Å²) in [7, 11) is 0. The molecule has 2 aliphatic rings. The Morgan fingerprint density at radius 3 is 2.53 bits per heavy atom. The van der Waals surface area contributed by atoms with E-state index in [2.05, 4.69) is 5.32 Å². The van der Waals surface area contributed by atoms with Crippen LogP contribution >= 0.6 is 0 Å². The lowest BCUT2D eigenvalue weighted by Crippen LogP contribution is -2.51. The number of carbonyl (C=O) groups is 2. The fraction of sp³-hybridized carbons (Fsp3) is 0.818. The summed E-state index contributed by atoms with van der Waals surface area (Å²) in [5, 5.41) is 3.14. The van der Waals surface area contributed by atoms with E-state index in [0.29, 0.717) is 39.1 Å². The Balaban J connectivity index is 1.83. The fourth-order valence-electron chi connectivity index (χ4n) is 2.31. The molecule has 1 unspecified atom stereocenters. The van der Waals surface area contributed by atoms with Crippen molar-refractivity contribution in [2.24, 2.45) is 11.7 Å². The molecule has 17 heavy (non-hydrogen) atoms. The summed E-state index contributed by atoms with van der Waals surface area (Å²) in [5.41, 5.74) is 5.25. The standard InChI is InChI=1S/C11H19N3O3/c12-10(15)8-1-4-14(5-2-8)11(16)9-7-13-3-6-17-9/h8-9,13H,1-7H2,(H2,12,15). The number of piperidine rings is 1. The molecule has 2 aliphatic heterocycles. The first-order valence-electron chi connectivity index (χ1n) is 6.09. The molecular formula is C11H19N3O3. The van der Waals surface area contributed by atoms with Gasteiger partial charge >= 0.3 is 0 Å². The molecule has 3 N–H and O–H groups in total. The molecule has 0 aromatic heterocycles. The van der Waals surface area contributed by atoms with Gasteiger partial charge < -0.3 is 20.7 Å². The number of morpholine rings is 1. The number of rotatable bonds is 2. The fourth-order valence-corrected chi connectivity index (χ4v) is 2.31. The smallest absolute Gasteiger partial charge is 0.253 e. The highest BCUT2D eigenvalue weighted by atomic mass is 16.5. The van der Waals surface area contributed by atoms with Crippen LogP contribution < -0.4 is 11.1 Å². The molecule has 96 valence electrons. The SMILES string of the molecule is NC(=O)C1CCN(C(=O)C2CNCCO2)CC1. The van der Waals surface area contributed by atoms with Gasteiger partial charge in [-0.2, -0.15) is 0 Å². The van der Waals surface area contributed by atoms with Gasteiger partial charge in [0, 0.05) is 32.1 Å². The zero-order valence-corrected chi connectivity index (χ0v) is 9.85. The minimum absolute atomic E-state index is 0.0279. The molecule has 2 saturated heterocycles. The lowest BCUT2D eigenvalue weighted by molar-refractivity contribution is -0.147. The lowest BCUT2D eigenvalue weighted by Gasteiger charge is -2.34. The van der Waals surface area contributed by atoms with Crippen LogP contribution in [0.3, 0.4) is 0 Å². The second-order valence-corrected chi connectivity index (χ2v) is 4.57. The van der Waals surface area contributed by atoms with Crippen molar-refractivity contribution in [2.75, 3.05) is 32.8 Å². The summed E-state index contributed by atoms with van der Waals surface area (Å²) < 4.78 is 5.42. The van der Waals surface area contributed by atoms with Crippen molar-refractivity contribution in [1.29, 1.82) is 0 Å². The van der Waals surface area contributed by atoms with E-state index in [1.807, 2.05) is 0 Å². The second kappa shape index (κ2) is 5.46. The van der Waals surface area contributed by atoms with Crippen molar-refractivity contribution in [3.8, 4) is 0 Å². The van der Waals surface area contributed by atoms with Crippen molar-refractivity contribution in [1.82, 2.24) is 10.2 Å². The zero-order valence-electron chi connectivity index (χ0n) is 9.85. The van der Waals surface area contributed by atoms with Gasteiger partial charge in [-0.05, 0) is 12.8 Å². The zero-order chi connectivity index (χ0) is 12.3. The third kappa shape index (κ3) is 2.95. The van der Waals surface area contributed by atoms with Crippen LogP contribution in [0.4, 0.5) is 0 Å². The minimum atomic E-state index is -0.367. The number of amides is 2. The highest BCUT2D eigenvalue weighted by Gasteiger charge is 2.31. The van der Waals surface area contributed by atoms with E-state index in [-0.39, 0.29) is 23.8 Å². The highest BCUT2D eigenvalue weighted by molar-refractivity contribution is 5.82. The first-order valence-corrected chi connectivity index (χ1v) is 6.09. The van der Waals surface area contributed by atoms with Gasteiger partial charge in [0.25, 0.3) is 5.91 Å².